The number of aryl methyl sites for hydroxylation is 2. The lowest BCUT2D eigenvalue weighted by atomic mass is 10.3. The molecule has 96 valence electrons. The molecule has 0 radical (unpaired) electrons. The fraction of sp³-hybridized carbons (Fsp3) is 0.308. The molecular weight excluding hydrogens is 361 g/mol. The summed E-state index contributed by atoms with van der Waals surface area (Å²) in [5.74, 6) is 0. The van der Waals surface area contributed by atoms with Crippen molar-refractivity contribution in [3.8, 4) is 0 Å². The van der Waals surface area contributed by atoms with Gasteiger partial charge in [0.25, 0.3) is 0 Å². The van der Waals surface area contributed by atoms with E-state index in [4.69, 9.17) is 11.6 Å². The fourth-order valence-electron chi connectivity index (χ4n) is 1.82. The Hall–Kier alpha value is -0.750. The molecule has 18 heavy (non-hydrogen) atoms. The highest BCUT2D eigenvalue weighted by atomic mass is 127. The molecule has 0 aliphatic carbocycles. The third kappa shape index (κ3) is 2.80. The van der Waals surface area contributed by atoms with Gasteiger partial charge in [0, 0.05) is 15.8 Å². The Labute approximate surface area is 126 Å². The molecule has 0 spiro atoms. The molecule has 0 aliphatic rings. The lowest BCUT2D eigenvalue weighted by Gasteiger charge is -2.10. The fourth-order valence-corrected chi connectivity index (χ4v) is 2.60. The monoisotopic (exact) mass is 375 g/mol. The number of hydrogen-bond donors (Lipinski definition) is 1. The number of nitrogens with zero attached hydrogens (tertiary/aromatic N) is 2. The summed E-state index contributed by atoms with van der Waals surface area (Å²) in [5.41, 5.74) is 3.05. The van der Waals surface area contributed by atoms with Crippen molar-refractivity contribution < 1.29 is 0 Å². The summed E-state index contributed by atoms with van der Waals surface area (Å²) in [5, 5.41) is 8.57. The van der Waals surface area contributed by atoms with Gasteiger partial charge >= 0.3 is 0 Å². The Morgan fingerprint density at radius 3 is 2.78 bits per heavy atom. The van der Waals surface area contributed by atoms with Crippen LogP contribution >= 0.6 is 34.2 Å². The molecule has 0 bridgehead atoms. The van der Waals surface area contributed by atoms with Crippen LogP contribution < -0.4 is 5.32 Å². The van der Waals surface area contributed by atoms with Gasteiger partial charge in [-0.25, -0.2) is 0 Å². The average molecular weight is 376 g/mol. The van der Waals surface area contributed by atoms with Gasteiger partial charge in [0.15, 0.2) is 0 Å². The summed E-state index contributed by atoms with van der Waals surface area (Å²) >= 11 is 8.59. The van der Waals surface area contributed by atoms with Crippen molar-refractivity contribution in [3.05, 3.63) is 44.2 Å². The van der Waals surface area contributed by atoms with Crippen LogP contribution in [0.4, 0.5) is 5.69 Å². The number of anilines is 1. The Bertz CT molecular complexity index is 551. The lowest BCUT2D eigenvalue weighted by molar-refractivity contribution is 0.623. The van der Waals surface area contributed by atoms with Crippen LogP contribution in [0.5, 0.6) is 0 Å². The molecule has 3 nitrogen and oxygen atoms in total. The van der Waals surface area contributed by atoms with Crippen LogP contribution in [-0.2, 0) is 13.1 Å². The zero-order valence-corrected chi connectivity index (χ0v) is 13.3. The maximum Gasteiger partial charge on any atom is 0.0865 e. The average Bonchev–Trinajstić information content (AvgIpc) is 2.65. The first-order valence-electron chi connectivity index (χ1n) is 5.83. The van der Waals surface area contributed by atoms with Gasteiger partial charge in [-0.2, -0.15) is 5.10 Å². The van der Waals surface area contributed by atoms with Crippen LogP contribution in [0.25, 0.3) is 0 Å². The molecule has 1 N–H and O–H groups in total. The standard InChI is InChI=1S/C13H15ClIN3/c1-3-18-12(13(14)9(2)17-18)8-16-11-7-5-4-6-10(11)15/h4-7,16H,3,8H2,1-2H3. The van der Waals surface area contributed by atoms with Crippen molar-refractivity contribution in [1.29, 1.82) is 0 Å². The summed E-state index contributed by atoms with van der Waals surface area (Å²) in [4.78, 5) is 0. The van der Waals surface area contributed by atoms with Crippen LogP contribution in [-0.4, -0.2) is 9.78 Å². The molecule has 0 saturated heterocycles. The molecule has 1 aromatic carbocycles. The number of para-hydroxylation sites is 1. The van der Waals surface area contributed by atoms with Gasteiger partial charge in [0.05, 0.1) is 23.0 Å². The number of aromatic nitrogens is 2. The predicted molar refractivity (Wildman–Crippen MR) is 84.1 cm³/mol. The number of halogens is 2. The van der Waals surface area contributed by atoms with E-state index in [-0.39, 0.29) is 0 Å². The highest BCUT2D eigenvalue weighted by Gasteiger charge is 2.12. The summed E-state index contributed by atoms with van der Waals surface area (Å²) in [6, 6.07) is 8.19. The SMILES string of the molecule is CCn1nc(C)c(Cl)c1CNc1ccccc1I. The molecule has 0 aliphatic heterocycles. The molecule has 0 unspecified atom stereocenters. The summed E-state index contributed by atoms with van der Waals surface area (Å²) in [6.07, 6.45) is 0. The van der Waals surface area contributed by atoms with E-state index in [1.165, 1.54) is 3.57 Å². The molecule has 2 rings (SSSR count). The third-order valence-corrected chi connectivity index (χ3v) is 4.21. The van der Waals surface area contributed by atoms with Crippen LogP contribution in [0, 0.1) is 10.5 Å². The molecule has 0 amide bonds. The van der Waals surface area contributed by atoms with Crippen molar-refractivity contribution in [2.75, 3.05) is 5.32 Å². The van der Waals surface area contributed by atoms with Crippen molar-refractivity contribution in [1.82, 2.24) is 9.78 Å². The van der Waals surface area contributed by atoms with Gasteiger partial charge in [0.1, 0.15) is 0 Å². The summed E-state index contributed by atoms with van der Waals surface area (Å²) in [6.45, 7) is 5.52. The molecule has 1 heterocycles. The second-order valence-corrected chi connectivity index (χ2v) is 5.54. The first-order valence-corrected chi connectivity index (χ1v) is 7.29. The van der Waals surface area contributed by atoms with E-state index in [1.54, 1.807) is 0 Å². The van der Waals surface area contributed by atoms with Crippen LogP contribution in [0.1, 0.15) is 18.3 Å². The minimum absolute atomic E-state index is 0.688. The van der Waals surface area contributed by atoms with Gasteiger partial charge in [-0.15, -0.1) is 0 Å². The maximum atomic E-state index is 6.27. The Morgan fingerprint density at radius 1 is 1.39 bits per heavy atom. The number of hydrogen-bond acceptors (Lipinski definition) is 2. The largest absolute Gasteiger partial charge is 0.378 e. The lowest BCUT2D eigenvalue weighted by Crippen LogP contribution is -2.08. The minimum Gasteiger partial charge on any atom is -0.378 e. The minimum atomic E-state index is 0.688. The highest BCUT2D eigenvalue weighted by molar-refractivity contribution is 14.1. The molecule has 2 aromatic rings. The molecular formula is C13H15ClIN3. The van der Waals surface area contributed by atoms with Crippen molar-refractivity contribution in [3.63, 3.8) is 0 Å². The Morgan fingerprint density at radius 2 is 2.11 bits per heavy atom. The van der Waals surface area contributed by atoms with Crippen molar-refractivity contribution in [2.45, 2.75) is 26.9 Å². The first-order chi connectivity index (χ1) is 8.63. The summed E-state index contributed by atoms with van der Waals surface area (Å²) in [7, 11) is 0. The predicted octanol–water partition coefficient (Wildman–Crippen LogP) is 4.08. The molecule has 0 saturated carbocycles. The van der Waals surface area contributed by atoms with E-state index in [9.17, 15) is 0 Å². The molecule has 5 heteroatoms. The van der Waals surface area contributed by atoms with Gasteiger partial charge < -0.3 is 5.32 Å². The van der Waals surface area contributed by atoms with Gasteiger partial charge in [-0.1, -0.05) is 23.7 Å². The third-order valence-electron chi connectivity index (χ3n) is 2.77. The van der Waals surface area contributed by atoms with E-state index in [0.717, 1.165) is 28.6 Å². The number of nitrogens with one attached hydrogen (secondary N) is 1. The second-order valence-electron chi connectivity index (χ2n) is 4.00. The Kier molecular flexibility index (Phi) is 4.50. The van der Waals surface area contributed by atoms with E-state index in [2.05, 4.69) is 52.1 Å². The van der Waals surface area contributed by atoms with Crippen molar-refractivity contribution in [2.24, 2.45) is 0 Å². The first kappa shape index (κ1) is 13.7. The van der Waals surface area contributed by atoms with Crippen molar-refractivity contribution >= 4 is 39.9 Å². The topological polar surface area (TPSA) is 29.9 Å². The van der Waals surface area contributed by atoms with Crippen LogP contribution in [0.3, 0.4) is 0 Å². The van der Waals surface area contributed by atoms with E-state index < -0.39 is 0 Å². The van der Waals surface area contributed by atoms with E-state index in [1.807, 2.05) is 23.7 Å². The van der Waals surface area contributed by atoms with E-state index >= 15 is 0 Å². The van der Waals surface area contributed by atoms with Gasteiger partial charge in [-0.3, -0.25) is 4.68 Å². The quantitative estimate of drug-likeness (QED) is 0.816. The van der Waals surface area contributed by atoms with Crippen LogP contribution in [0.2, 0.25) is 5.02 Å². The molecule has 0 atom stereocenters. The summed E-state index contributed by atoms with van der Waals surface area (Å²) < 4.78 is 3.14. The smallest absolute Gasteiger partial charge is 0.0865 e. The van der Waals surface area contributed by atoms with E-state index in [0.29, 0.717) is 6.54 Å². The highest BCUT2D eigenvalue weighted by Crippen LogP contribution is 2.23. The molecule has 1 aromatic heterocycles. The molecule has 0 fully saturated rings. The number of benzene rings is 1. The number of rotatable bonds is 4. The van der Waals surface area contributed by atoms with Gasteiger partial charge in [-0.05, 0) is 48.6 Å². The maximum absolute atomic E-state index is 6.27. The van der Waals surface area contributed by atoms with Crippen LogP contribution in [0.15, 0.2) is 24.3 Å². The second kappa shape index (κ2) is 5.93. The normalized spacial score (nSPS) is 10.7. The Balaban J connectivity index is 2.18. The van der Waals surface area contributed by atoms with Gasteiger partial charge in [0.2, 0.25) is 0 Å². The zero-order valence-electron chi connectivity index (χ0n) is 10.4. The zero-order chi connectivity index (χ0) is 13.1.